The van der Waals surface area contributed by atoms with Crippen molar-refractivity contribution in [3.8, 4) is 0 Å². The van der Waals surface area contributed by atoms with E-state index in [1.165, 1.54) is 14.3 Å². The van der Waals surface area contributed by atoms with Crippen LogP contribution >= 0.6 is 8.46 Å². The number of nitrogens with two attached hydrogens (primary N) is 2. The summed E-state index contributed by atoms with van der Waals surface area (Å²) in [7, 11) is 6.95. The van der Waals surface area contributed by atoms with Crippen LogP contribution in [0.2, 0.25) is 0 Å². The molecular weight excluding hydrogens is 725 g/mol. The monoisotopic (exact) mass is 765 g/mol. The smallest absolute Gasteiger partial charge is 1.00 e. The second-order valence-electron chi connectivity index (χ2n) is 5.13. The summed E-state index contributed by atoms with van der Waals surface area (Å²) in [5.41, 5.74) is 9.68. The maximum Gasteiger partial charge on any atom is 1.00 e. The largest absolute Gasteiger partial charge is 1.00 e. The molecule has 41 heavy (non-hydrogen) atoms. The van der Waals surface area contributed by atoms with Gasteiger partial charge in [0.25, 0.3) is 0 Å². The van der Waals surface area contributed by atoms with E-state index in [0.717, 1.165) is 13.1 Å². The van der Waals surface area contributed by atoms with Crippen molar-refractivity contribution in [3.05, 3.63) is 0 Å². The molecule has 0 heterocycles. The molecular formula is C19H38BIN2Na4O13P-. The van der Waals surface area contributed by atoms with Crippen molar-refractivity contribution >= 4 is 58.3 Å². The van der Waals surface area contributed by atoms with E-state index in [0.29, 0.717) is 8.46 Å². The Hall–Kier alpha value is 1.95. The second kappa shape index (κ2) is 68.9. The van der Waals surface area contributed by atoms with Crippen molar-refractivity contribution < 1.29 is 208 Å². The molecule has 0 saturated heterocycles. The van der Waals surface area contributed by atoms with E-state index >= 15 is 0 Å². The molecule has 0 rings (SSSR count). The summed E-state index contributed by atoms with van der Waals surface area (Å²) >= 11 is 0. The minimum atomic E-state index is -1.74. The number of rotatable bonds is 9. The quantitative estimate of drug-likeness (QED) is 0.0733. The maximum absolute atomic E-state index is 9.92. The number of aliphatic hydroxyl groups is 2. The van der Waals surface area contributed by atoms with Crippen LogP contribution in [-0.4, -0.2) is 91.5 Å². The number of carbonyl (C=O) groups is 7. The third kappa shape index (κ3) is 108. The molecule has 0 amide bonds. The normalized spacial score (nSPS) is 8.63. The van der Waals surface area contributed by atoms with Crippen molar-refractivity contribution in [2.24, 2.45) is 11.5 Å². The van der Waals surface area contributed by atoms with Gasteiger partial charge in [0.15, 0.2) is 11.6 Å². The van der Waals surface area contributed by atoms with Gasteiger partial charge in [0, 0.05) is 33.4 Å². The van der Waals surface area contributed by atoms with Crippen molar-refractivity contribution in [1.82, 2.24) is 0 Å². The molecule has 3 atom stereocenters. The number of hydrogen-bond acceptors (Lipinski definition) is 15. The van der Waals surface area contributed by atoms with Gasteiger partial charge in [-0.1, -0.05) is 21.8 Å². The van der Waals surface area contributed by atoms with Crippen LogP contribution in [0.5, 0.6) is 0 Å². The third-order valence-corrected chi connectivity index (χ3v) is 2.58. The first-order valence-electron chi connectivity index (χ1n) is 9.89. The average molecular weight is 765 g/mol. The molecule has 2 radical (unpaired) electrons. The predicted octanol–water partition coefficient (Wildman–Crippen LogP) is -21.6. The minimum Gasteiger partial charge on any atom is -1.00 e. The number of halogens is 1. The molecule has 0 spiro atoms. The number of aliphatic hydroxyl groups excluding tert-OH is 2. The van der Waals surface area contributed by atoms with Crippen molar-refractivity contribution in [2.45, 2.75) is 60.5 Å². The fourth-order valence-corrected chi connectivity index (χ4v) is 0.461. The molecule has 22 heteroatoms. The van der Waals surface area contributed by atoms with E-state index in [1.807, 2.05) is 6.79 Å². The molecule has 0 aromatic rings. The fourth-order valence-electron chi connectivity index (χ4n) is 0.461. The van der Waals surface area contributed by atoms with Gasteiger partial charge in [0.1, 0.15) is 26.3 Å². The molecule has 0 aromatic carbocycles. The number of carboxylic acids is 4. The van der Waals surface area contributed by atoms with Crippen LogP contribution < -0.4 is 174 Å². The first-order valence-corrected chi connectivity index (χ1v) is 10.2. The van der Waals surface area contributed by atoms with Gasteiger partial charge in [-0.3, -0.25) is 9.59 Å². The topological polar surface area (TPSA) is 304 Å². The minimum absolute atomic E-state index is 0. The zero-order valence-corrected chi connectivity index (χ0v) is 35.6. The van der Waals surface area contributed by atoms with E-state index in [2.05, 4.69) is 6.92 Å². The summed E-state index contributed by atoms with van der Waals surface area (Å²) in [5, 5.41) is 54.0. The summed E-state index contributed by atoms with van der Waals surface area (Å²) in [5.74, 6) is -7.90. The predicted molar refractivity (Wildman–Crippen MR) is 126 cm³/mol. The van der Waals surface area contributed by atoms with Crippen LogP contribution in [-0.2, 0) is 33.6 Å². The van der Waals surface area contributed by atoms with Gasteiger partial charge in [0.2, 0.25) is 0 Å². The van der Waals surface area contributed by atoms with Crippen LogP contribution in [0.3, 0.4) is 0 Å². The van der Waals surface area contributed by atoms with E-state index in [1.54, 1.807) is 0 Å². The van der Waals surface area contributed by atoms with E-state index in [9.17, 15) is 49.2 Å². The molecule has 1 unspecified atom stereocenters. The Morgan fingerprint density at radius 3 is 1.20 bits per heavy atom. The molecule has 222 valence electrons. The first kappa shape index (κ1) is 78.9. The number of carbonyl (C=O) groups excluding carboxylic acids is 7. The summed E-state index contributed by atoms with van der Waals surface area (Å²) in [6.07, 6.45) is 0.824. The first-order chi connectivity index (χ1) is 16.6. The number of hydrogen-bond donors (Lipinski definition) is 4. The Morgan fingerprint density at radius 1 is 0.878 bits per heavy atom. The molecule has 0 saturated carbocycles. The summed E-state index contributed by atoms with van der Waals surface area (Å²) < 4.78 is 5.75. The van der Waals surface area contributed by atoms with E-state index in [4.69, 9.17) is 35.4 Å². The summed E-state index contributed by atoms with van der Waals surface area (Å²) in [4.78, 5) is 65.4. The molecule has 0 aliphatic heterocycles. The number of carboxylic acid groups (broad SMARTS) is 4. The Bertz CT molecular complexity index is 598. The Morgan fingerprint density at radius 2 is 1.15 bits per heavy atom. The Kier molecular flexibility index (Phi) is 133. The molecule has 0 aliphatic rings. The molecule has 15 nitrogen and oxygen atoms in total. The number of Topliss-reactive ketones (excluding diaryl/α,β-unsaturated/α-hetero) is 2. The fraction of sp³-hybridized carbons (Fsp3) is 0.632. The van der Waals surface area contributed by atoms with E-state index < -0.39 is 54.1 Å². The van der Waals surface area contributed by atoms with Gasteiger partial charge in [0.05, 0.1) is 18.5 Å². The number of aliphatic carboxylic acids is 4. The maximum atomic E-state index is 9.92. The van der Waals surface area contributed by atoms with Crippen LogP contribution in [0.15, 0.2) is 0 Å². The van der Waals surface area contributed by atoms with Crippen LogP contribution in [0.4, 0.5) is 0 Å². The Balaban J connectivity index is -0.0000000216. The molecule has 0 aromatic heterocycles. The molecule has 6 N–H and O–H groups in total. The van der Waals surface area contributed by atoms with Gasteiger partial charge < -0.3 is 90.1 Å². The molecule has 0 bridgehead atoms. The second-order valence-corrected chi connectivity index (χ2v) is 6.25. The van der Waals surface area contributed by atoms with Crippen LogP contribution in [0.1, 0.15) is 49.8 Å². The van der Waals surface area contributed by atoms with Crippen LogP contribution in [0, 0.1) is 0 Å². The summed E-state index contributed by atoms with van der Waals surface area (Å²) in [6.45, 7) is 5.71. The third-order valence-electron chi connectivity index (χ3n) is 2.17. The summed E-state index contributed by atoms with van der Waals surface area (Å²) in [6, 6.07) is -1.87. The average Bonchev–Trinajstić information content (AvgIpc) is 2.83. The molecule has 0 fully saturated rings. The van der Waals surface area contributed by atoms with Gasteiger partial charge in [-0.15, -0.1) is 0 Å². The number of ketones is 2. The molecule has 0 aliphatic carbocycles. The standard InChI is InChI=1S/C4H9NO3.C4H6O4.C3H7NO2.C3H4O3.C2H6BP.CH2O.2CH4.HI.4Na/c5-3(1-2-6)4(7)8;5-2-1-3(6)4(7)8;2*1-2(4)3(5)6;1-2-4-3;1-2;;;;;;;/h3,6H,1-2,5H2,(H,7,8);5H,1-2H2,(H,7,8);2H,4H2,1H3,(H,5,6);1H3,(H,5,6);4H,2H2,1H3;1H2;2*1H4;1H;;;;/q;;;;;;;;;4*+1/p-5/t3-;;2-;;;;;;;;;;/m0.0........../s1/i;;;;;;1T;;;;;;. The van der Waals surface area contributed by atoms with Gasteiger partial charge in [-0.05, 0) is 19.5 Å². The van der Waals surface area contributed by atoms with Crippen LogP contribution in [0.25, 0.3) is 0 Å². The van der Waals surface area contributed by atoms with Crippen molar-refractivity contribution in [2.75, 3.05) is 19.4 Å². The zero-order chi connectivity index (χ0) is 30.9. The van der Waals surface area contributed by atoms with Gasteiger partial charge >= 0.3 is 118 Å². The zero-order valence-electron chi connectivity index (χ0n) is 25.4. The Labute approximate surface area is 352 Å². The SMILES string of the molecule is C.C=O.CC(=O)C(=O)[O-].C[C@H](N)C(=O)[O-].N[C@@H](CCO)C(=O)[O-].O=C([O-])C(=O)CCO.[3H]C.[B]PCC.[I-].[Na+].[Na+].[Na+].[Na+]. The van der Waals surface area contributed by atoms with Crippen molar-refractivity contribution in [1.29, 1.82) is 0 Å². The van der Waals surface area contributed by atoms with Gasteiger partial charge in [-0.25, -0.2) is 0 Å². The van der Waals surface area contributed by atoms with Gasteiger partial charge in [-0.2, -0.15) is 8.46 Å². The van der Waals surface area contributed by atoms with E-state index in [-0.39, 0.29) is 169 Å². The van der Waals surface area contributed by atoms with Crippen molar-refractivity contribution in [3.63, 3.8) is 0 Å².